The van der Waals surface area contributed by atoms with Crippen LogP contribution in [-0.2, 0) is 19.5 Å². The number of hydrogen-bond acceptors (Lipinski definition) is 4. The van der Waals surface area contributed by atoms with Crippen molar-refractivity contribution in [2.24, 2.45) is 0 Å². The van der Waals surface area contributed by atoms with E-state index in [1.807, 2.05) is 4.57 Å². The third kappa shape index (κ3) is 5.07. The van der Waals surface area contributed by atoms with Gasteiger partial charge in [-0.1, -0.05) is 42.7 Å². The first-order valence-electron chi connectivity index (χ1n) is 12.7. The van der Waals surface area contributed by atoms with Gasteiger partial charge in [0.25, 0.3) is 11.5 Å². The van der Waals surface area contributed by atoms with Crippen LogP contribution >= 0.6 is 0 Å². The molecule has 3 aromatic rings. The van der Waals surface area contributed by atoms with E-state index in [4.69, 9.17) is 4.98 Å². The molecule has 1 fully saturated rings. The van der Waals surface area contributed by atoms with Crippen molar-refractivity contribution in [1.82, 2.24) is 19.8 Å². The molecule has 6 heteroatoms. The van der Waals surface area contributed by atoms with Crippen LogP contribution in [0.1, 0.15) is 65.8 Å². The van der Waals surface area contributed by atoms with Gasteiger partial charge in [-0.05, 0) is 56.4 Å². The lowest BCUT2D eigenvalue weighted by Gasteiger charge is -2.32. The van der Waals surface area contributed by atoms with Crippen LogP contribution in [0.4, 0.5) is 0 Å². The lowest BCUT2D eigenvalue weighted by molar-refractivity contribution is 0.0909. The normalized spacial score (nSPS) is 17.7. The van der Waals surface area contributed by atoms with Gasteiger partial charge in [-0.2, -0.15) is 0 Å². The highest BCUT2D eigenvalue weighted by atomic mass is 16.1. The lowest BCUT2D eigenvalue weighted by atomic mass is 10.0. The van der Waals surface area contributed by atoms with Gasteiger partial charge < -0.3 is 5.32 Å². The Morgan fingerprint density at radius 2 is 1.85 bits per heavy atom. The molecule has 0 spiro atoms. The summed E-state index contributed by atoms with van der Waals surface area (Å²) >= 11 is 0. The van der Waals surface area contributed by atoms with Gasteiger partial charge in [0.2, 0.25) is 0 Å². The molecule has 178 valence electrons. The average molecular weight is 459 g/mol. The summed E-state index contributed by atoms with van der Waals surface area (Å²) in [4.78, 5) is 33.3. The fraction of sp³-hybridized carbons (Fsp3) is 0.464. The van der Waals surface area contributed by atoms with Crippen LogP contribution < -0.4 is 10.9 Å². The number of aromatic nitrogens is 2. The second-order valence-corrected chi connectivity index (χ2v) is 9.89. The Hall–Kier alpha value is -2.99. The number of carbonyl (C=O) groups is 1. The Balaban J connectivity index is 1.24. The maximum Gasteiger partial charge on any atom is 0.261 e. The lowest BCUT2D eigenvalue weighted by Crippen LogP contribution is -2.44. The summed E-state index contributed by atoms with van der Waals surface area (Å²) < 4.78 is 1.84. The summed E-state index contributed by atoms with van der Waals surface area (Å²) in [5.41, 5.74) is 3.87. The molecule has 0 aliphatic carbocycles. The molecule has 3 heterocycles. The van der Waals surface area contributed by atoms with E-state index >= 15 is 0 Å². The van der Waals surface area contributed by atoms with Crippen LogP contribution in [0, 0.1) is 6.92 Å². The molecule has 1 saturated heterocycles. The Morgan fingerprint density at radius 1 is 1.03 bits per heavy atom. The minimum Gasteiger partial charge on any atom is -0.349 e. The van der Waals surface area contributed by atoms with Gasteiger partial charge >= 0.3 is 0 Å². The van der Waals surface area contributed by atoms with Gasteiger partial charge in [0.05, 0.1) is 10.9 Å². The number of nitrogens with zero attached hydrogens (tertiary/aromatic N) is 3. The average Bonchev–Trinajstić information content (AvgIpc) is 2.81. The van der Waals surface area contributed by atoms with Gasteiger partial charge in [-0.15, -0.1) is 0 Å². The molecule has 1 N–H and O–H groups in total. The number of hydrogen-bond donors (Lipinski definition) is 1. The van der Waals surface area contributed by atoms with Crippen molar-refractivity contribution in [3.05, 3.63) is 75.3 Å². The van der Waals surface area contributed by atoms with Crippen LogP contribution in [0.25, 0.3) is 10.9 Å². The molecule has 0 atom stereocenters. The maximum atomic E-state index is 13.0. The summed E-state index contributed by atoms with van der Waals surface area (Å²) in [5.74, 6) is 0.781. The maximum absolute atomic E-state index is 13.0. The van der Waals surface area contributed by atoms with E-state index in [1.54, 1.807) is 18.2 Å². The minimum atomic E-state index is -0.0762. The highest BCUT2D eigenvalue weighted by Crippen LogP contribution is 2.18. The van der Waals surface area contributed by atoms with Crippen molar-refractivity contribution < 1.29 is 4.79 Å². The number of rotatable bonds is 4. The molecule has 6 nitrogen and oxygen atoms in total. The van der Waals surface area contributed by atoms with Crippen molar-refractivity contribution in [2.75, 3.05) is 13.1 Å². The van der Waals surface area contributed by atoms with Crippen LogP contribution in [-0.4, -0.2) is 39.5 Å². The highest BCUT2D eigenvalue weighted by molar-refractivity contribution is 5.97. The van der Waals surface area contributed by atoms with Gasteiger partial charge in [0, 0.05) is 44.2 Å². The van der Waals surface area contributed by atoms with Crippen molar-refractivity contribution in [3.63, 3.8) is 0 Å². The van der Waals surface area contributed by atoms with E-state index < -0.39 is 0 Å². The van der Waals surface area contributed by atoms with E-state index in [-0.39, 0.29) is 17.5 Å². The molecular weight excluding hydrogens is 424 g/mol. The zero-order valence-corrected chi connectivity index (χ0v) is 20.1. The number of benzene rings is 2. The molecule has 34 heavy (non-hydrogen) atoms. The topological polar surface area (TPSA) is 67.2 Å². The standard InChI is InChI=1S/C28H34N4O2/c1-20-7-6-8-21(17-20)19-31-15-12-23(13-16-31)29-27(33)22-10-11-24-25(18-22)30-26-9-4-2-3-5-14-32(26)28(24)34/h6-8,10-11,17-18,23H,2-5,9,12-16,19H2,1H3,(H,29,33). The Kier molecular flexibility index (Phi) is 6.77. The van der Waals surface area contributed by atoms with Crippen molar-refractivity contribution >= 4 is 16.8 Å². The molecule has 5 rings (SSSR count). The molecule has 0 saturated carbocycles. The van der Waals surface area contributed by atoms with Crippen LogP contribution in [0.15, 0.2) is 47.3 Å². The van der Waals surface area contributed by atoms with Crippen LogP contribution in [0.2, 0.25) is 0 Å². The number of amides is 1. The predicted molar refractivity (Wildman–Crippen MR) is 135 cm³/mol. The van der Waals surface area contributed by atoms with E-state index in [2.05, 4.69) is 41.4 Å². The fourth-order valence-electron chi connectivity index (χ4n) is 5.31. The number of carbonyl (C=O) groups excluding carboxylic acids is 1. The zero-order chi connectivity index (χ0) is 23.5. The van der Waals surface area contributed by atoms with Crippen LogP contribution in [0.3, 0.4) is 0 Å². The Bertz CT molecular complexity index is 1240. The SMILES string of the molecule is Cc1cccc(CN2CCC(NC(=O)c3ccc4c(=O)n5c(nc4c3)CCCCCC5)CC2)c1. The predicted octanol–water partition coefficient (Wildman–Crippen LogP) is 4.22. The summed E-state index contributed by atoms with van der Waals surface area (Å²) in [5, 5.41) is 3.81. The van der Waals surface area contributed by atoms with E-state index in [9.17, 15) is 9.59 Å². The van der Waals surface area contributed by atoms with E-state index in [0.717, 1.165) is 70.5 Å². The molecule has 0 bridgehead atoms. The fourth-order valence-corrected chi connectivity index (χ4v) is 5.31. The summed E-state index contributed by atoms with van der Waals surface area (Å²) in [7, 11) is 0. The molecule has 1 amide bonds. The number of aryl methyl sites for hydroxylation is 2. The van der Waals surface area contributed by atoms with Crippen molar-refractivity contribution in [1.29, 1.82) is 0 Å². The second-order valence-electron chi connectivity index (χ2n) is 9.89. The molecular formula is C28H34N4O2. The first-order valence-corrected chi connectivity index (χ1v) is 12.7. The highest BCUT2D eigenvalue weighted by Gasteiger charge is 2.22. The number of nitrogens with one attached hydrogen (secondary N) is 1. The minimum absolute atomic E-state index is 0.0230. The summed E-state index contributed by atoms with van der Waals surface area (Å²) in [6.07, 6.45) is 7.12. The molecule has 0 unspecified atom stereocenters. The number of likely N-dealkylation sites (tertiary alicyclic amines) is 1. The molecule has 0 radical (unpaired) electrons. The largest absolute Gasteiger partial charge is 0.349 e. The van der Waals surface area contributed by atoms with E-state index in [0.29, 0.717) is 16.5 Å². The van der Waals surface area contributed by atoms with Gasteiger partial charge in [0.15, 0.2) is 0 Å². The molecule has 1 aromatic heterocycles. The smallest absolute Gasteiger partial charge is 0.261 e. The first kappa shape index (κ1) is 22.8. The molecule has 2 aromatic carbocycles. The quantitative estimate of drug-likeness (QED) is 0.636. The third-order valence-corrected chi connectivity index (χ3v) is 7.24. The zero-order valence-electron chi connectivity index (χ0n) is 20.1. The Morgan fingerprint density at radius 3 is 2.68 bits per heavy atom. The van der Waals surface area contributed by atoms with Gasteiger partial charge in [-0.3, -0.25) is 19.1 Å². The molecule has 2 aliphatic heterocycles. The number of fused-ring (bicyclic) bond motifs is 2. The van der Waals surface area contributed by atoms with Crippen molar-refractivity contribution in [2.45, 2.75) is 71.0 Å². The first-order chi connectivity index (χ1) is 16.6. The molecule has 2 aliphatic rings. The van der Waals surface area contributed by atoms with Crippen molar-refractivity contribution in [3.8, 4) is 0 Å². The monoisotopic (exact) mass is 458 g/mol. The van der Waals surface area contributed by atoms with Gasteiger partial charge in [-0.25, -0.2) is 4.98 Å². The Labute approximate surface area is 201 Å². The summed E-state index contributed by atoms with van der Waals surface area (Å²) in [6, 6.07) is 14.2. The second kappa shape index (κ2) is 10.1. The van der Waals surface area contributed by atoms with Gasteiger partial charge in [0.1, 0.15) is 5.82 Å². The van der Waals surface area contributed by atoms with E-state index in [1.165, 1.54) is 17.5 Å². The third-order valence-electron chi connectivity index (χ3n) is 7.24. The van der Waals surface area contributed by atoms with Crippen LogP contribution in [0.5, 0.6) is 0 Å². The number of piperidine rings is 1. The summed E-state index contributed by atoms with van der Waals surface area (Å²) in [6.45, 7) is 5.77.